The van der Waals surface area contributed by atoms with Crippen LogP contribution < -0.4 is 10.6 Å². The van der Waals surface area contributed by atoms with Gasteiger partial charge in [0.1, 0.15) is 0 Å². The first-order chi connectivity index (χ1) is 6.84. The van der Waals surface area contributed by atoms with Crippen LogP contribution >= 0.6 is 0 Å². The van der Waals surface area contributed by atoms with Gasteiger partial charge in [-0.15, -0.1) is 0 Å². The van der Waals surface area contributed by atoms with Crippen LogP contribution in [0.15, 0.2) is 24.3 Å². The molecule has 76 valence electrons. The number of hydrogen-bond acceptors (Lipinski definition) is 2. The van der Waals surface area contributed by atoms with Gasteiger partial charge in [0.15, 0.2) is 0 Å². The van der Waals surface area contributed by atoms with Crippen LogP contribution in [-0.4, -0.2) is 19.1 Å². The third kappa shape index (κ3) is 2.48. The first-order valence-corrected chi connectivity index (χ1v) is 5.38. The molecule has 1 fully saturated rings. The van der Waals surface area contributed by atoms with E-state index in [-0.39, 0.29) is 0 Å². The molecule has 2 N–H and O–H groups in total. The van der Waals surface area contributed by atoms with Crippen molar-refractivity contribution >= 4 is 5.69 Å². The van der Waals surface area contributed by atoms with Crippen molar-refractivity contribution in [3.05, 3.63) is 29.8 Å². The summed E-state index contributed by atoms with van der Waals surface area (Å²) in [6.45, 7) is 4.38. The van der Waals surface area contributed by atoms with E-state index in [9.17, 15) is 0 Å². The normalized spacial score (nSPS) is 21.9. The Morgan fingerprint density at radius 1 is 1.29 bits per heavy atom. The molecule has 0 radical (unpaired) electrons. The molecule has 0 amide bonds. The Labute approximate surface area is 85.7 Å². The van der Waals surface area contributed by atoms with Crippen molar-refractivity contribution in [2.45, 2.75) is 25.8 Å². The fourth-order valence-corrected chi connectivity index (χ4v) is 1.86. The highest BCUT2D eigenvalue weighted by Crippen LogP contribution is 2.13. The molecule has 0 spiro atoms. The quantitative estimate of drug-likeness (QED) is 0.746. The summed E-state index contributed by atoms with van der Waals surface area (Å²) in [7, 11) is 0. The molecule has 1 heterocycles. The smallest absolute Gasteiger partial charge is 0.0386 e. The number of nitrogens with one attached hydrogen (secondary N) is 2. The molecular weight excluding hydrogens is 172 g/mol. The first-order valence-electron chi connectivity index (χ1n) is 5.38. The molecule has 2 heteroatoms. The maximum atomic E-state index is 3.55. The monoisotopic (exact) mass is 190 g/mol. The molecule has 1 aliphatic heterocycles. The van der Waals surface area contributed by atoms with Crippen molar-refractivity contribution in [3.63, 3.8) is 0 Å². The Balaban J connectivity index is 1.92. The van der Waals surface area contributed by atoms with Gasteiger partial charge in [0.2, 0.25) is 0 Å². The summed E-state index contributed by atoms with van der Waals surface area (Å²) >= 11 is 0. The number of rotatable bonds is 2. The van der Waals surface area contributed by atoms with Gasteiger partial charge in [-0.25, -0.2) is 0 Å². The zero-order valence-electron chi connectivity index (χ0n) is 8.72. The molecular formula is C12H18N2. The zero-order valence-corrected chi connectivity index (χ0v) is 8.72. The molecule has 1 aliphatic rings. The van der Waals surface area contributed by atoms with E-state index in [1.54, 1.807) is 0 Å². The molecule has 1 atom stereocenters. The Hall–Kier alpha value is -1.02. The second kappa shape index (κ2) is 4.47. The summed E-state index contributed by atoms with van der Waals surface area (Å²) in [5, 5.41) is 6.95. The highest BCUT2D eigenvalue weighted by Gasteiger charge is 2.11. The van der Waals surface area contributed by atoms with Gasteiger partial charge in [0, 0.05) is 18.3 Å². The first kappa shape index (κ1) is 9.53. The van der Waals surface area contributed by atoms with E-state index in [1.807, 2.05) is 0 Å². The van der Waals surface area contributed by atoms with Gasteiger partial charge < -0.3 is 10.6 Å². The lowest BCUT2D eigenvalue weighted by Gasteiger charge is -2.24. The van der Waals surface area contributed by atoms with Gasteiger partial charge in [-0.1, -0.05) is 17.7 Å². The lowest BCUT2D eigenvalue weighted by Crippen LogP contribution is -2.38. The fraction of sp³-hybridized carbons (Fsp3) is 0.500. The van der Waals surface area contributed by atoms with Crippen molar-refractivity contribution in [3.8, 4) is 0 Å². The topological polar surface area (TPSA) is 24.1 Å². The van der Waals surface area contributed by atoms with Crippen LogP contribution in [0.4, 0.5) is 5.69 Å². The van der Waals surface area contributed by atoms with Crippen molar-refractivity contribution < 1.29 is 0 Å². The Kier molecular flexibility index (Phi) is 3.04. The number of piperidine rings is 1. The zero-order chi connectivity index (χ0) is 9.80. The number of anilines is 1. The standard InChI is InChI=1S/C12H18N2/c1-10-4-6-11(7-5-10)14-12-3-2-8-13-9-12/h4-7,12-14H,2-3,8-9H2,1H3. The summed E-state index contributed by atoms with van der Waals surface area (Å²) < 4.78 is 0. The van der Waals surface area contributed by atoms with Crippen molar-refractivity contribution in [2.24, 2.45) is 0 Å². The van der Waals surface area contributed by atoms with Crippen LogP contribution in [0.25, 0.3) is 0 Å². The summed E-state index contributed by atoms with van der Waals surface area (Å²) in [4.78, 5) is 0. The van der Waals surface area contributed by atoms with Crippen LogP contribution in [0.5, 0.6) is 0 Å². The van der Waals surface area contributed by atoms with Gasteiger partial charge in [-0.05, 0) is 38.4 Å². The van der Waals surface area contributed by atoms with E-state index >= 15 is 0 Å². The lowest BCUT2D eigenvalue weighted by molar-refractivity contribution is 0.480. The number of aryl methyl sites for hydroxylation is 1. The van der Waals surface area contributed by atoms with E-state index in [0.29, 0.717) is 6.04 Å². The van der Waals surface area contributed by atoms with Crippen LogP contribution in [0, 0.1) is 6.92 Å². The average molecular weight is 190 g/mol. The summed E-state index contributed by atoms with van der Waals surface area (Å²) in [6, 6.07) is 9.22. The summed E-state index contributed by atoms with van der Waals surface area (Å²) in [6.07, 6.45) is 2.56. The minimum atomic E-state index is 0.603. The highest BCUT2D eigenvalue weighted by atomic mass is 15.0. The van der Waals surface area contributed by atoms with E-state index in [4.69, 9.17) is 0 Å². The second-order valence-electron chi connectivity index (χ2n) is 4.05. The largest absolute Gasteiger partial charge is 0.381 e. The van der Waals surface area contributed by atoms with Gasteiger partial charge in [-0.3, -0.25) is 0 Å². The van der Waals surface area contributed by atoms with Gasteiger partial charge in [0.25, 0.3) is 0 Å². The molecule has 14 heavy (non-hydrogen) atoms. The van der Waals surface area contributed by atoms with E-state index in [2.05, 4.69) is 41.8 Å². The molecule has 0 saturated carbocycles. The van der Waals surface area contributed by atoms with E-state index in [0.717, 1.165) is 6.54 Å². The molecule has 1 unspecified atom stereocenters. The van der Waals surface area contributed by atoms with E-state index in [1.165, 1.54) is 30.6 Å². The Bertz CT molecular complexity index is 273. The van der Waals surface area contributed by atoms with Crippen LogP contribution in [-0.2, 0) is 0 Å². The number of hydrogen-bond donors (Lipinski definition) is 2. The van der Waals surface area contributed by atoms with Crippen LogP contribution in [0.2, 0.25) is 0 Å². The molecule has 1 aromatic rings. The van der Waals surface area contributed by atoms with Crippen molar-refractivity contribution in [1.29, 1.82) is 0 Å². The number of benzene rings is 1. The molecule has 1 saturated heterocycles. The Morgan fingerprint density at radius 2 is 2.07 bits per heavy atom. The lowest BCUT2D eigenvalue weighted by atomic mass is 10.1. The molecule has 2 rings (SSSR count). The fourth-order valence-electron chi connectivity index (χ4n) is 1.86. The second-order valence-corrected chi connectivity index (χ2v) is 4.05. The molecule has 0 aromatic heterocycles. The predicted molar refractivity (Wildman–Crippen MR) is 60.7 cm³/mol. The third-order valence-electron chi connectivity index (χ3n) is 2.72. The molecule has 0 aliphatic carbocycles. The average Bonchev–Trinajstić information content (AvgIpc) is 2.23. The van der Waals surface area contributed by atoms with Gasteiger partial charge in [0.05, 0.1) is 0 Å². The van der Waals surface area contributed by atoms with Crippen molar-refractivity contribution in [1.82, 2.24) is 5.32 Å². The van der Waals surface area contributed by atoms with Crippen LogP contribution in [0.3, 0.4) is 0 Å². The molecule has 2 nitrogen and oxygen atoms in total. The van der Waals surface area contributed by atoms with Gasteiger partial charge in [-0.2, -0.15) is 0 Å². The Morgan fingerprint density at radius 3 is 2.71 bits per heavy atom. The van der Waals surface area contributed by atoms with Gasteiger partial charge >= 0.3 is 0 Å². The van der Waals surface area contributed by atoms with E-state index < -0.39 is 0 Å². The summed E-state index contributed by atoms with van der Waals surface area (Å²) in [5.41, 5.74) is 2.56. The van der Waals surface area contributed by atoms with Crippen molar-refractivity contribution in [2.75, 3.05) is 18.4 Å². The maximum Gasteiger partial charge on any atom is 0.0386 e. The molecule has 0 bridgehead atoms. The predicted octanol–water partition coefficient (Wildman–Crippen LogP) is 2.16. The minimum absolute atomic E-state index is 0.603. The summed E-state index contributed by atoms with van der Waals surface area (Å²) in [5.74, 6) is 0. The van der Waals surface area contributed by atoms with Crippen LogP contribution in [0.1, 0.15) is 18.4 Å². The highest BCUT2D eigenvalue weighted by molar-refractivity contribution is 5.45. The minimum Gasteiger partial charge on any atom is -0.381 e. The molecule has 1 aromatic carbocycles. The SMILES string of the molecule is Cc1ccc(NC2CCCNC2)cc1. The maximum absolute atomic E-state index is 3.55. The third-order valence-corrected chi connectivity index (χ3v) is 2.72.